The topological polar surface area (TPSA) is 113 Å². The second-order valence-corrected chi connectivity index (χ2v) is 9.70. The number of hydrogen-bond donors (Lipinski definition) is 2. The minimum atomic E-state index is -2.04. The van der Waals surface area contributed by atoms with Crippen LogP contribution in [0.5, 0.6) is 0 Å². The van der Waals surface area contributed by atoms with E-state index in [-0.39, 0.29) is 34.3 Å². The number of halogens is 4. The van der Waals surface area contributed by atoms with Crippen LogP contribution >= 0.6 is 51.4 Å². The molecule has 1 atom stereocenters. The predicted octanol–water partition coefficient (Wildman–Crippen LogP) is 4.60. The zero-order chi connectivity index (χ0) is 19.6. The monoisotopic (exact) mass is 497 g/mol. The molecule has 0 aliphatic heterocycles. The van der Waals surface area contributed by atoms with Crippen molar-refractivity contribution >= 4 is 74.1 Å². The van der Waals surface area contributed by atoms with E-state index < -0.39 is 17.9 Å². The molecule has 3 rings (SSSR count). The number of rotatable bonds is 7. The highest BCUT2D eigenvalue weighted by Crippen LogP contribution is 2.50. The molecule has 0 aliphatic carbocycles. The maximum absolute atomic E-state index is 13.9. The maximum Gasteiger partial charge on any atom is 0.289 e. The summed E-state index contributed by atoms with van der Waals surface area (Å²) < 4.78 is 24.3. The number of benzene rings is 1. The van der Waals surface area contributed by atoms with Crippen molar-refractivity contribution in [2.45, 2.75) is 8.27 Å². The van der Waals surface area contributed by atoms with Gasteiger partial charge in [0, 0.05) is 11.8 Å². The Kier molecular flexibility index (Phi) is 6.00. The Bertz CT molecular complexity index is 997. The van der Waals surface area contributed by atoms with Crippen molar-refractivity contribution in [3.05, 3.63) is 46.5 Å². The zero-order valence-electron chi connectivity index (χ0n) is 12.8. The number of thioether (sulfide) groups is 1. The van der Waals surface area contributed by atoms with Crippen LogP contribution in [0, 0.1) is 15.9 Å². The molecule has 0 bridgehead atoms. The number of alkyl halides is 1. The summed E-state index contributed by atoms with van der Waals surface area (Å²) in [5.41, 5.74) is 0.692. The van der Waals surface area contributed by atoms with Crippen molar-refractivity contribution in [3.63, 3.8) is 0 Å². The average molecular weight is 499 g/mol. The summed E-state index contributed by atoms with van der Waals surface area (Å²) in [5, 5.41) is 13.5. The first kappa shape index (κ1) is 20.0. The molecule has 0 saturated heterocycles. The molecule has 0 fully saturated rings. The number of fused-ring (bicyclic) bond motifs is 1. The van der Waals surface area contributed by atoms with Gasteiger partial charge < -0.3 is 10.3 Å². The molecule has 1 aromatic carbocycles. The van der Waals surface area contributed by atoms with Crippen LogP contribution in [0.3, 0.4) is 0 Å². The molecule has 15 heteroatoms. The van der Waals surface area contributed by atoms with Crippen LogP contribution < -0.4 is 5.32 Å². The van der Waals surface area contributed by atoms with Gasteiger partial charge in [0.25, 0.3) is 15.1 Å². The third-order valence-electron chi connectivity index (χ3n) is 3.00. The number of nitro groups is 1. The summed E-state index contributed by atoms with van der Waals surface area (Å²) in [6, 6.07) is 5.90. The highest BCUT2D eigenvalue weighted by atomic mass is 79.9. The number of anilines is 2. The number of imidazole rings is 1. The Hall–Kier alpha value is -1.74. The number of hydrogen-bond acceptors (Lipinski definition) is 9. The van der Waals surface area contributed by atoms with Gasteiger partial charge in [0.05, 0.1) is 12.0 Å². The first-order valence-electron chi connectivity index (χ1n) is 6.84. The largest absolute Gasteiger partial charge is 0.340 e. The highest BCUT2D eigenvalue weighted by Gasteiger charge is 2.46. The van der Waals surface area contributed by atoms with Gasteiger partial charge >= 0.3 is 0 Å². The molecule has 0 amide bonds. The van der Waals surface area contributed by atoms with Gasteiger partial charge in [-0.15, -0.1) is 4.48 Å². The SMILES string of the molecule is O=[N+]([O-])SC(Br)(Sc1nc(Nc2ccccc2F)c2[nH]cnc2n1)N(F)Cl. The van der Waals surface area contributed by atoms with E-state index in [1.165, 1.54) is 24.5 Å². The molecule has 0 saturated carbocycles. The van der Waals surface area contributed by atoms with Gasteiger partial charge in [-0.3, -0.25) is 10.1 Å². The quantitative estimate of drug-likeness (QED) is 0.0555. The third kappa shape index (κ3) is 4.57. The minimum Gasteiger partial charge on any atom is -0.340 e. The van der Waals surface area contributed by atoms with E-state index in [1.807, 2.05) is 0 Å². The van der Waals surface area contributed by atoms with Crippen LogP contribution in [-0.4, -0.2) is 32.0 Å². The molecule has 9 nitrogen and oxygen atoms in total. The molecule has 3 aromatic rings. The first-order valence-corrected chi connectivity index (χ1v) is 9.56. The van der Waals surface area contributed by atoms with E-state index >= 15 is 0 Å². The van der Waals surface area contributed by atoms with E-state index in [0.717, 1.165) is 0 Å². The predicted molar refractivity (Wildman–Crippen MR) is 102 cm³/mol. The van der Waals surface area contributed by atoms with Crippen molar-refractivity contribution in [3.8, 4) is 0 Å². The first-order chi connectivity index (χ1) is 12.8. The Morgan fingerprint density at radius 1 is 1.41 bits per heavy atom. The fraction of sp³-hybridized carbons (Fsp3) is 0.0833. The molecule has 0 spiro atoms. The summed E-state index contributed by atoms with van der Waals surface area (Å²) in [6.07, 6.45) is 1.34. The van der Waals surface area contributed by atoms with Gasteiger partial charge in [0.2, 0.25) is 0 Å². The standard InChI is InChI=1S/C12H7BrClF2N7O2S2/c13-12(22(14)16,27-23(24)25)26-11-20-9-8(17-5-18-9)10(21-11)19-7-4-2-1-3-6(7)15/h1-5H,(H2,17,18,19,20,21). The van der Waals surface area contributed by atoms with E-state index in [4.69, 9.17) is 11.8 Å². The van der Waals surface area contributed by atoms with Crippen LogP contribution in [0.1, 0.15) is 0 Å². The summed E-state index contributed by atoms with van der Waals surface area (Å²) in [4.78, 5) is 25.8. The van der Waals surface area contributed by atoms with Gasteiger partial charge in [-0.05, 0) is 44.5 Å². The second-order valence-electron chi connectivity index (χ2n) is 4.72. The van der Waals surface area contributed by atoms with Gasteiger partial charge in [-0.2, -0.15) is 0 Å². The number of aromatic nitrogens is 4. The van der Waals surface area contributed by atoms with Gasteiger partial charge in [-0.25, -0.2) is 19.3 Å². The Labute approximate surface area is 171 Å². The number of nitrogens with zero attached hydrogens (tertiary/aromatic N) is 5. The van der Waals surface area contributed by atoms with E-state index in [9.17, 15) is 19.0 Å². The molecule has 0 radical (unpaired) electrons. The highest BCUT2D eigenvalue weighted by molar-refractivity contribution is 9.13. The van der Waals surface area contributed by atoms with E-state index in [1.54, 1.807) is 6.07 Å². The van der Waals surface area contributed by atoms with E-state index in [0.29, 0.717) is 17.3 Å². The average Bonchev–Trinajstić information content (AvgIpc) is 3.04. The Balaban J connectivity index is 2.00. The normalized spacial score (nSPS) is 13.7. The van der Waals surface area contributed by atoms with Crippen LogP contribution in [0.4, 0.5) is 20.4 Å². The fourth-order valence-electron chi connectivity index (χ4n) is 1.93. The summed E-state index contributed by atoms with van der Waals surface area (Å²) in [5.74, 6) is -0.376. The lowest BCUT2D eigenvalue weighted by atomic mass is 10.3. The molecular formula is C12H7BrClF2N7O2S2. The minimum absolute atomic E-state index is 0.0433. The van der Waals surface area contributed by atoms with Crippen LogP contribution in [0.25, 0.3) is 11.2 Å². The summed E-state index contributed by atoms with van der Waals surface area (Å²) >= 11 is 8.64. The number of para-hydroxylation sites is 1. The maximum atomic E-state index is 13.9. The van der Waals surface area contributed by atoms with Crippen LogP contribution in [0.2, 0.25) is 0 Å². The number of nitrogens with one attached hydrogen (secondary N) is 2. The van der Waals surface area contributed by atoms with E-state index in [2.05, 4.69) is 41.2 Å². The molecule has 142 valence electrons. The Morgan fingerprint density at radius 2 is 2.15 bits per heavy atom. The van der Waals surface area contributed by atoms with Gasteiger partial charge in [-0.1, -0.05) is 12.1 Å². The molecule has 2 N–H and O–H groups in total. The molecule has 0 aliphatic rings. The van der Waals surface area contributed by atoms with Gasteiger partial charge in [0.15, 0.2) is 16.6 Å². The summed E-state index contributed by atoms with van der Waals surface area (Å²) in [7, 11) is 0. The second kappa shape index (κ2) is 8.10. The lowest BCUT2D eigenvalue weighted by molar-refractivity contribution is -0.286. The Morgan fingerprint density at radius 3 is 2.81 bits per heavy atom. The third-order valence-corrected chi connectivity index (χ3v) is 6.67. The van der Waals surface area contributed by atoms with Gasteiger partial charge in [0.1, 0.15) is 15.7 Å². The number of H-pyrrole nitrogens is 1. The van der Waals surface area contributed by atoms with Crippen molar-refractivity contribution in [1.82, 2.24) is 24.6 Å². The smallest absolute Gasteiger partial charge is 0.289 e. The summed E-state index contributed by atoms with van der Waals surface area (Å²) in [6.45, 7) is 0. The van der Waals surface area contributed by atoms with Crippen LogP contribution in [-0.2, 0) is 0 Å². The molecular weight excluding hydrogens is 492 g/mol. The molecule has 27 heavy (non-hydrogen) atoms. The van der Waals surface area contributed by atoms with Crippen molar-refractivity contribution in [2.24, 2.45) is 0 Å². The van der Waals surface area contributed by atoms with Crippen molar-refractivity contribution in [2.75, 3.05) is 5.32 Å². The van der Waals surface area contributed by atoms with Crippen molar-refractivity contribution < 1.29 is 13.2 Å². The molecule has 2 heterocycles. The van der Waals surface area contributed by atoms with Crippen LogP contribution in [0.15, 0.2) is 35.7 Å². The lowest BCUT2D eigenvalue weighted by Gasteiger charge is -2.20. The van der Waals surface area contributed by atoms with Crippen molar-refractivity contribution in [1.29, 1.82) is 0 Å². The fourth-order valence-corrected chi connectivity index (χ4v) is 4.28. The lowest BCUT2D eigenvalue weighted by Crippen LogP contribution is -2.26. The number of aromatic amines is 1. The molecule has 1 unspecified atom stereocenters. The molecule has 2 aromatic heterocycles. The zero-order valence-corrected chi connectivity index (χ0v) is 16.7.